The first kappa shape index (κ1) is 14.0. The summed E-state index contributed by atoms with van der Waals surface area (Å²) >= 11 is 1.43. The van der Waals surface area contributed by atoms with Crippen LogP contribution in [0.2, 0.25) is 0 Å². The maximum atomic E-state index is 11.7. The number of urea groups is 1. The van der Waals surface area contributed by atoms with E-state index in [4.69, 9.17) is 11.5 Å². The van der Waals surface area contributed by atoms with Crippen molar-refractivity contribution in [2.75, 3.05) is 13.1 Å². The van der Waals surface area contributed by atoms with Gasteiger partial charge >= 0.3 is 12.0 Å². The molecule has 96 valence electrons. The summed E-state index contributed by atoms with van der Waals surface area (Å²) in [5.41, 5.74) is 0.885. The van der Waals surface area contributed by atoms with Crippen LogP contribution < -0.4 is 5.32 Å². The summed E-state index contributed by atoms with van der Waals surface area (Å²) in [6.45, 7) is 1.65. The van der Waals surface area contributed by atoms with Crippen LogP contribution in [-0.4, -0.2) is 40.1 Å². The molecule has 2 N–H and O–H groups in total. The number of amides is 2. The molecule has 0 aromatic carbocycles. The van der Waals surface area contributed by atoms with E-state index in [-0.39, 0.29) is 13.1 Å². The Morgan fingerprint density at radius 1 is 1.67 bits per heavy atom. The Labute approximate surface area is 109 Å². The van der Waals surface area contributed by atoms with Crippen LogP contribution in [0.3, 0.4) is 0 Å². The van der Waals surface area contributed by atoms with Gasteiger partial charge < -0.3 is 15.3 Å². The van der Waals surface area contributed by atoms with Crippen molar-refractivity contribution in [3.8, 4) is 12.3 Å². The van der Waals surface area contributed by atoms with Crippen LogP contribution in [0.25, 0.3) is 0 Å². The van der Waals surface area contributed by atoms with Gasteiger partial charge in [-0.05, 0) is 6.92 Å². The van der Waals surface area contributed by atoms with Gasteiger partial charge in [0.1, 0.15) is 11.6 Å². The van der Waals surface area contributed by atoms with Crippen LogP contribution in [0.4, 0.5) is 4.79 Å². The number of rotatable bonds is 5. The van der Waals surface area contributed by atoms with Gasteiger partial charge in [0, 0.05) is 11.1 Å². The molecule has 0 bridgehead atoms. The van der Waals surface area contributed by atoms with E-state index < -0.39 is 18.5 Å². The van der Waals surface area contributed by atoms with E-state index in [0.717, 1.165) is 15.6 Å². The molecule has 1 rings (SSSR count). The summed E-state index contributed by atoms with van der Waals surface area (Å²) in [6.07, 6.45) is 5.08. The van der Waals surface area contributed by atoms with Crippen LogP contribution in [0.1, 0.15) is 10.7 Å². The number of aryl methyl sites for hydroxylation is 1. The average molecular weight is 267 g/mol. The molecule has 0 spiro atoms. The van der Waals surface area contributed by atoms with Crippen molar-refractivity contribution in [3.63, 3.8) is 0 Å². The van der Waals surface area contributed by atoms with Crippen molar-refractivity contribution in [1.82, 2.24) is 15.2 Å². The summed E-state index contributed by atoms with van der Waals surface area (Å²) < 4.78 is 0. The van der Waals surface area contributed by atoms with Crippen LogP contribution in [0.5, 0.6) is 0 Å². The summed E-state index contributed by atoms with van der Waals surface area (Å²) in [6, 6.07) is -0.511. The molecule has 6 nitrogen and oxygen atoms in total. The van der Waals surface area contributed by atoms with Gasteiger partial charge in [0.25, 0.3) is 0 Å². The van der Waals surface area contributed by atoms with Gasteiger partial charge in [-0.1, -0.05) is 5.92 Å². The standard InChI is InChI=1S/C11H13N3O3S/c1-3-4-14(6-10(15)16)11(17)12-5-9-13-8(2)7-18-9/h1,7H,4-6H2,2H3,(H,12,17)(H,15,16). The minimum absolute atomic E-state index is 0.0466. The van der Waals surface area contributed by atoms with Gasteiger partial charge in [-0.3, -0.25) is 4.79 Å². The van der Waals surface area contributed by atoms with Crippen molar-refractivity contribution in [2.24, 2.45) is 0 Å². The van der Waals surface area contributed by atoms with E-state index in [2.05, 4.69) is 16.2 Å². The lowest BCUT2D eigenvalue weighted by Gasteiger charge is -2.17. The number of carbonyl (C=O) groups is 2. The number of nitrogens with one attached hydrogen (secondary N) is 1. The lowest BCUT2D eigenvalue weighted by molar-refractivity contribution is -0.137. The number of thiazole rings is 1. The second kappa shape index (κ2) is 6.61. The lowest BCUT2D eigenvalue weighted by Crippen LogP contribution is -2.42. The topological polar surface area (TPSA) is 82.5 Å². The zero-order valence-corrected chi connectivity index (χ0v) is 10.7. The summed E-state index contributed by atoms with van der Waals surface area (Å²) in [5, 5.41) is 13.9. The molecule has 0 aliphatic rings. The Kier molecular flexibility index (Phi) is 5.14. The van der Waals surface area contributed by atoms with Gasteiger partial charge in [0.15, 0.2) is 0 Å². The molecule has 0 saturated carbocycles. The molecule has 1 heterocycles. The van der Waals surface area contributed by atoms with E-state index in [1.165, 1.54) is 11.3 Å². The zero-order chi connectivity index (χ0) is 13.5. The normalized spacial score (nSPS) is 9.56. The number of aromatic nitrogens is 1. The SMILES string of the molecule is C#CCN(CC(=O)O)C(=O)NCc1nc(C)cs1. The van der Waals surface area contributed by atoms with Crippen molar-refractivity contribution in [2.45, 2.75) is 13.5 Å². The van der Waals surface area contributed by atoms with E-state index in [0.29, 0.717) is 0 Å². The van der Waals surface area contributed by atoms with E-state index in [9.17, 15) is 9.59 Å². The van der Waals surface area contributed by atoms with Crippen LogP contribution >= 0.6 is 11.3 Å². The highest BCUT2D eigenvalue weighted by Gasteiger charge is 2.15. The first-order valence-corrected chi connectivity index (χ1v) is 6.00. The van der Waals surface area contributed by atoms with Crippen LogP contribution in [-0.2, 0) is 11.3 Å². The Morgan fingerprint density at radius 3 is 2.89 bits per heavy atom. The van der Waals surface area contributed by atoms with Gasteiger partial charge in [-0.25, -0.2) is 9.78 Å². The predicted octanol–water partition coefficient (Wildman–Crippen LogP) is 0.681. The smallest absolute Gasteiger partial charge is 0.323 e. The van der Waals surface area contributed by atoms with Gasteiger partial charge in [0.05, 0.1) is 13.1 Å². The first-order valence-electron chi connectivity index (χ1n) is 5.12. The number of hydrogen-bond acceptors (Lipinski definition) is 4. The van der Waals surface area contributed by atoms with Crippen molar-refractivity contribution < 1.29 is 14.7 Å². The molecule has 0 aliphatic heterocycles. The largest absolute Gasteiger partial charge is 0.480 e. The predicted molar refractivity (Wildman–Crippen MR) is 67.1 cm³/mol. The number of nitrogens with zero attached hydrogens (tertiary/aromatic N) is 2. The number of hydrogen-bond donors (Lipinski definition) is 2. The fourth-order valence-corrected chi connectivity index (χ4v) is 1.93. The quantitative estimate of drug-likeness (QED) is 0.769. The molecular weight excluding hydrogens is 254 g/mol. The summed E-state index contributed by atoms with van der Waals surface area (Å²) in [7, 11) is 0. The maximum absolute atomic E-state index is 11.7. The highest BCUT2D eigenvalue weighted by atomic mass is 32.1. The van der Waals surface area contributed by atoms with Crippen molar-refractivity contribution >= 4 is 23.3 Å². The molecule has 1 aromatic heterocycles. The minimum atomic E-state index is -1.11. The Bertz CT molecular complexity index is 478. The molecular formula is C11H13N3O3S. The molecule has 0 atom stereocenters. The number of carboxylic acids is 1. The number of carbonyl (C=O) groups excluding carboxylic acids is 1. The third-order valence-corrected chi connectivity index (χ3v) is 2.92. The second-order valence-electron chi connectivity index (χ2n) is 3.50. The molecule has 18 heavy (non-hydrogen) atoms. The molecule has 2 amide bonds. The highest BCUT2D eigenvalue weighted by Crippen LogP contribution is 2.07. The van der Waals surface area contributed by atoms with Gasteiger partial charge in [-0.15, -0.1) is 17.8 Å². The third kappa shape index (κ3) is 4.43. The number of aliphatic carboxylic acids is 1. The Hall–Kier alpha value is -2.07. The average Bonchev–Trinajstić information content (AvgIpc) is 2.71. The zero-order valence-electron chi connectivity index (χ0n) is 9.84. The molecule has 7 heteroatoms. The summed E-state index contributed by atoms with van der Waals surface area (Å²) in [5.74, 6) is 1.14. The number of terminal acetylenes is 1. The molecule has 0 unspecified atom stereocenters. The Balaban J connectivity index is 2.51. The van der Waals surface area contributed by atoms with Crippen LogP contribution in [0, 0.1) is 19.3 Å². The molecule has 0 saturated heterocycles. The monoisotopic (exact) mass is 267 g/mol. The maximum Gasteiger partial charge on any atom is 0.323 e. The minimum Gasteiger partial charge on any atom is -0.480 e. The summed E-state index contributed by atoms with van der Waals surface area (Å²) in [4.78, 5) is 27.5. The van der Waals surface area contributed by atoms with Gasteiger partial charge in [-0.2, -0.15) is 0 Å². The van der Waals surface area contributed by atoms with Crippen molar-refractivity contribution in [1.29, 1.82) is 0 Å². The van der Waals surface area contributed by atoms with Crippen LogP contribution in [0.15, 0.2) is 5.38 Å². The van der Waals surface area contributed by atoms with Crippen molar-refractivity contribution in [3.05, 3.63) is 16.1 Å². The van der Waals surface area contributed by atoms with Gasteiger partial charge in [0.2, 0.25) is 0 Å². The Morgan fingerprint density at radius 2 is 2.39 bits per heavy atom. The fraction of sp³-hybridized carbons (Fsp3) is 0.364. The van der Waals surface area contributed by atoms with E-state index in [1.807, 2.05) is 12.3 Å². The lowest BCUT2D eigenvalue weighted by atomic mass is 10.5. The van der Waals surface area contributed by atoms with E-state index in [1.54, 1.807) is 0 Å². The molecule has 0 aliphatic carbocycles. The molecule has 0 fully saturated rings. The second-order valence-corrected chi connectivity index (χ2v) is 4.44. The molecule has 1 aromatic rings. The highest BCUT2D eigenvalue weighted by molar-refractivity contribution is 7.09. The first-order chi connectivity index (χ1) is 8.52. The number of carboxylic acid groups (broad SMARTS) is 1. The fourth-order valence-electron chi connectivity index (χ4n) is 1.22. The third-order valence-electron chi connectivity index (χ3n) is 1.95. The van der Waals surface area contributed by atoms with E-state index >= 15 is 0 Å². The molecule has 0 radical (unpaired) electrons.